The zero-order chi connectivity index (χ0) is 17.9. The summed E-state index contributed by atoms with van der Waals surface area (Å²) < 4.78 is 40.6. The Hall–Kier alpha value is -2.41. The fourth-order valence-electron chi connectivity index (χ4n) is 2.80. The van der Waals surface area contributed by atoms with Crippen molar-refractivity contribution in [2.24, 2.45) is 0 Å². The number of halogens is 1. The summed E-state index contributed by atoms with van der Waals surface area (Å²) in [6, 6.07) is 11.3. The third-order valence-corrected chi connectivity index (χ3v) is 5.55. The van der Waals surface area contributed by atoms with Crippen molar-refractivity contribution in [3.05, 3.63) is 59.9 Å². The molecule has 0 spiro atoms. The number of para-hydroxylation sites is 1. The van der Waals surface area contributed by atoms with Gasteiger partial charge >= 0.3 is 0 Å². The molecule has 1 fully saturated rings. The van der Waals surface area contributed by atoms with Gasteiger partial charge in [0, 0.05) is 18.7 Å². The van der Waals surface area contributed by atoms with Crippen LogP contribution in [0.5, 0.6) is 0 Å². The van der Waals surface area contributed by atoms with Gasteiger partial charge in [-0.3, -0.25) is 9.52 Å². The second-order valence-corrected chi connectivity index (χ2v) is 7.64. The number of nitrogens with one attached hydrogen (secondary N) is 1. The number of carbonyl (C=O) groups is 1. The van der Waals surface area contributed by atoms with Gasteiger partial charge in [0.2, 0.25) is 0 Å². The second-order valence-electron chi connectivity index (χ2n) is 5.96. The Bertz CT molecular complexity index is 860. The molecule has 1 aliphatic rings. The quantitative estimate of drug-likeness (QED) is 0.908. The second kappa shape index (κ2) is 7.23. The molecule has 3 rings (SSSR count). The number of sulfonamides is 1. The first kappa shape index (κ1) is 17.4. The van der Waals surface area contributed by atoms with Crippen molar-refractivity contribution in [1.29, 1.82) is 0 Å². The summed E-state index contributed by atoms with van der Waals surface area (Å²) in [6.45, 7) is 1.46. The van der Waals surface area contributed by atoms with Crippen LogP contribution in [0, 0.1) is 5.82 Å². The van der Waals surface area contributed by atoms with Gasteiger partial charge in [-0.25, -0.2) is 12.8 Å². The van der Waals surface area contributed by atoms with E-state index in [-0.39, 0.29) is 16.5 Å². The Morgan fingerprint density at radius 3 is 2.24 bits per heavy atom. The number of carbonyl (C=O) groups excluding carboxylic acids is 1. The lowest BCUT2D eigenvalue weighted by Gasteiger charge is -2.26. The number of hydrogen-bond acceptors (Lipinski definition) is 3. The minimum atomic E-state index is -3.92. The molecule has 2 aromatic carbocycles. The average Bonchev–Trinajstić information content (AvgIpc) is 2.64. The molecule has 25 heavy (non-hydrogen) atoms. The largest absolute Gasteiger partial charge is 0.339 e. The highest BCUT2D eigenvalue weighted by molar-refractivity contribution is 7.92. The highest BCUT2D eigenvalue weighted by Crippen LogP contribution is 2.20. The van der Waals surface area contributed by atoms with Crippen molar-refractivity contribution in [2.45, 2.75) is 24.2 Å². The van der Waals surface area contributed by atoms with Crippen molar-refractivity contribution < 1.29 is 17.6 Å². The van der Waals surface area contributed by atoms with Gasteiger partial charge in [0.05, 0.1) is 10.6 Å². The number of hydrogen-bond donors (Lipinski definition) is 1. The number of benzene rings is 2. The Morgan fingerprint density at radius 2 is 1.60 bits per heavy atom. The van der Waals surface area contributed by atoms with Gasteiger partial charge in [-0.2, -0.15) is 0 Å². The molecule has 0 aromatic heterocycles. The van der Waals surface area contributed by atoms with Crippen molar-refractivity contribution in [2.75, 3.05) is 17.8 Å². The van der Waals surface area contributed by atoms with Crippen LogP contribution in [0.3, 0.4) is 0 Å². The van der Waals surface area contributed by atoms with Gasteiger partial charge in [-0.1, -0.05) is 12.1 Å². The first-order valence-corrected chi connectivity index (χ1v) is 9.62. The van der Waals surface area contributed by atoms with E-state index in [4.69, 9.17) is 0 Å². The Labute approximate surface area is 146 Å². The molecule has 0 atom stereocenters. The number of amides is 1. The summed E-state index contributed by atoms with van der Waals surface area (Å²) in [5, 5.41) is 0. The summed E-state index contributed by atoms with van der Waals surface area (Å²) in [5.74, 6) is -0.742. The number of nitrogens with zero attached hydrogens (tertiary/aromatic N) is 1. The first-order chi connectivity index (χ1) is 12.0. The number of likely N-dealkylation sites (tertiary alicyclic amines) is 1. The molecule has 1 N–H and O–H groups in total. The van der Waals surface area contributed by atoms with Crippen molar-refractivity contribution in [3.63, 3.8) is 0 Å². The van der Waals surface area contributed by atoms with Gasteiger partial charge in [-0.05, 0) is 55.7 Å². The minimum Gasteiger partial charge on any atom is -0.339 e. The predicted molar refractivity (Wildman–Crippen MR) is 93.4 cm³/mol. The third-order valence-electron chi connectivity index (χ3n) is 4.17. The standard InChI is InChI=1S/C18H19FN2O3S/c19-16-6-2-3-7-17(16)20-25(23,24)15-10-8-14(9-11-15)18(22)21-12-4-1-5-13-21/h2-3,6-11,20H,1,4-5,12-13H2. The summed E-state index contributed by atoms with van der Waals surface area (Å²) in [6.07, 6.45) is 3.11. The fraction of sp³-hybridized carbons (Fsp3) is 0.278. The Balaban J connectivity index is 1.77. The normalized spacial score (nSPS) is 15.0. The molecule has 1 amide bonds. The van der Waals surface area contributed by atoms with Crippen LogP contribution in [0.2, 0.25) is 0 Å². The third kappa shape index (κ3) is 3.99. The Kier molecular flexibility index (Phi) is 5.03. The van der Waals surface area contributed by atoms with Crippen LogP contribution >= 0.6 is 0 Å². The molecule has 0 saturated carbocycles. The van der Waals surface area contributed by atoms with E-state index in [1.54, 1.807) is 11.0 Å². The zero-order valence-electron chi connectivity index (χ0n) is 13.6. The van der Waals surface area contributed by atoms with Crippen molar-refractivity contribution in [1.82, 2.24) is 4.90 Å². The van der Waals surface area contributed by atoms with Gasteiger partial charge in [0.15, 0.2) is 0 Å². The highest BCUT2D eigenvalue weighted by atomic mass is 32.2. The van der Waals surface area contributed by atoms with Crippen LogP contribution in [-0.4, -0.2) is 32.3 Å². The average molecular weight is 362 g/mol. The first-order valence-electron chi connectivity index (χ1n) is 8.14. The molecule has 1 heterocycles. The molecule has 0 bridgehead atoms. The molecular weight excluding hydrogens is 343 g/mol. The van der Waals surface area contributed by atoms with Crippen molar-refractivity contribution in [3.8, 4) is 0 Å². The Morgan fingerprint density at radius 1 is 0.960 bits per heavy atom. The monoisotopic (exact) mass is 362 g/mol. The van der Waals surface area contributed by atoms with E-state index >= 15 is 0 Å². The van der Waals surface area contributed by atoms with E-state index in [2.05, 4.69) is 4.72 Å². The van der Waals surface area contributed by atoms with E-state index in [1.807, 2.05) is 0 Å². The van der Waals surface area contributed by atoms with Crippen LogP contribution < -0.4 is 4.72 Å². The molecular formula is C18H19FN2O3S. The van der Waals surface area contributed by atoms with Crippen molar-refractivity contribution >= 4 is 21.6 Å². The molecule has 1 saturated heterocycles. The molecule has 1 aliphatic heterocycles. The van der Waals surface area contributed by atoms with Crippen LogP contribution in [-0.2, 0) is 10.0 Å². The van der Waals surface area contributed by atoms with E-state index < -0.39 is 15.8 Å². The van der Waals surface area contributed by atoms with E-state index in [9.17, 15) is 17.6 Å². The van der Waals surface area contributed by atoms with E-state index in [1.165, 1.54) is 42.5 Å². The summed E-state index contributed by atoms with van der Waals surface area (Å²) in [4.78, 5) is 14.2. The van der Waals surface area contributed by atoms with Crippen LogP contribution in [0.15, 0.2) is 53.4 Å². The molecule has 0 unspecified atom stereocenters. The maximum absolute atomic E-state index is 13.6. The van der Waals surface area contributed by atoms with Gasteiger partial charge in [0.25, 0.3) is 15.9 Å². The SMILES string of the molecule is O=C(c1ccc(S(=O)(=O)Nc2ccccc2F)cc1)N1CCCCC1. The predicted octanol–water partition coefficient (Wildman–Crippen LogP) is 3.25. The molecule has 0 radical (unpaired) electrons. The van der Waals surface area contributed by atoms with Crippen LogP contribution in [0.25, 0.3) is 0 Å². The maximum Gasteiger partial charge on any atom is 0.261 e. The molecule has 132 valence electrons. The molecule has 7 heteroatoms. The van der Waals surface area contributed by atoms with E-state index in [0.29, 0.717) is 5.56 Å². The summed E-state index contributed by atoms with van der Waals surface area (Å²) in [5.41, 5.74) is 0.336. The number of anilines is 1. The lowest BCUT2D eigenvalue weighted by atomic mass is 10.1. The lowest BCUT2D eigenvalue weighted by molar-refractivity contribution is 0.0724. The fourth-order valence-corrected chi connectivity index (χ4v) is 3.87. The van der Waals surface area contributed by atoms with Crippen LogP contribution in [0.1, 0.15) is 29.6 Å². The molecule has 2 aromatic rings. The molecule has 0 aliphatic carbocycles. The number of piperidine rings is 1. The maximum atomic E-state index is 13.6. The highest BCUT2D eigenvalue weighted by Gasteiger charge is 2.20. The smallest absolute Gasteiger partial charge is 0.261 e. The molecule has 5 nitrogen and oxygen atoms in total. The van der Waals surface area contributed by atoms with Gasteiger partial charge in [0.1, 0.15) is 5.82 Å². The summed E-state index contributed by atoms with van der Waals surface area (Å²) in [7, 11) is -3.92. The summed E-state index contributed by atoms with van der Waals surface area (Å²) >= 11 is 0. The van der Waals surface area contributed by atoms with Gasteiger partial charge < -0.3 is 4.90 Å². The zero-order valence-corrected chi connectivity index (χ0v) is 14.4. The minimum absolute atomic E-state index is 0.0223. The lowest BCUT2D eigenvalue weighted by Crippen LogP contribution is -2.35. The number of rotatable bonds is 4. The van der Waals surface area contributed by atoms with Gasteiger partial charge in [-0.15, -0.1) is 0 Å². The topological polar surface area (TPSA) is 66.5 Å². The van der Waals surface area contributed by atoms with E-state index in [0.717, 1.165) is 32.4 Å². The van der Waals surface area contributed by atoms with Crippen LogP contribution in [0.4, 0.5) is 10.1 Å².